The van der Waals surface area contributed by atoms with Gasteiger partial charge in [-0.1, -0.05) is 65.7 Å². The third-order valence-corrected chi connectivity index (χ3v) is 7.10. The maximum Gasteiger partial charge on any atom is 0.230 e. The first kappa shape index (κ1) is 24.5. The van der Waals surface area contributed by atoms with Gasteiger partial charge in [-0.25, -0.2) is 4.98 Å². The Bertz CT molecular complexity index is 1070. The zero-order valence-corrected chi connectivity index (χ0v) is 20.9. The summed E-state index contributed by atoms with van der Waals surface area (Å²) in [5, 5.41) is 0.978. The van der Waals surface area contributed by atoms with E-state index >= 15 is 0 Å². The first-order chi connectivity index (χ1) is 16.5. The lowest BCUT2D eigenvalue weighted by Gasteiger charge is -2.36. The normalized spacial score (nSPS) is 15.2. The average Bonchev–Trinajstić information content (AvgIpc) is 2.87. The van der Waals surface area contributed by atoms with Crippen LogP contribution in [0.4, 0.5) is 5.82 Å². The number of carbonyl (C=O) groups is 1. The van der Waals surface area contributed by atoms with Crippen molar-refractivity contribution in [2.24, 2.45) is 0 Å². The van der Waals surface area contributed by atoms with Crippen LogP contribution in [0.2, 0.25) is 10.0 Å². The van der Waals surface area contributed by atoms with Gasteiger partial charge < -0.3 is 9.80 Å². The lowest BCUT2D eigenvalue weighted by Crippen LogP contribution is -2.47. The highest BCUT2D eigenvalue weighted by Gasteiger charge is 2.26. The molecule has 1 atom stereocenters. The molecule has 7 heteroatoms. The van der Waals surface area contributed by atoms with Gasteiger partial charge in [-0.3, -0.25) is 9.69 Å². The first-order valence-electron chi connectivity index (χ1n) is 11.6. The van der Waals surface area contributed by atoms with E-state index in [0.29, 0.717) is 16.6 Å². The fourth-order valence-electron chi connectivity index (χ4n) is 4.42. The summed E-state index contributed by atoms with van der Waals surface area (Å²) in [4.78, 5) is 24.6. The van der Waals surface area contributed by atoms with Crippen LogP contribution in [-0.4, -0.2) is 60.5 Å². The van der Waals surface area contributed by atoms with E-state index in [1.807, 2.05) is 72.7 Å². The van der Waals surface area contributed by atoms with E-state index < -0.39 is 0 Å². The lowest BCUT2D eigenvalue weighted by atomic mass is 9.93. The fourth-order valence-corrected chi connectivity index (χ4v) is 4.72. The van der Waals surface area contributed by atoms with E-state index in [1.165, 1.54) is 0 Å². The molecular weight excluding hydrogens is 467 g/mol. The number of anilines is 1. The minimum Gasteiger partial charge on any atom is -0.354 e. The molecule has 1 fully saturated rings. The molecule has 0 bridgehead atoms. The van der Waals surface area contributed by atoms with Crippen LogP contribution in [0.5, 0.6) is 0 Å². The SMILES string of the molecule is CN(Cc1ccccc1)C(=O)[C@@H](CCN1CCN(c2ccccn2)CC1)c1ccc(Cl)c(Cl)c1. The standard InChI is InChI=1S/C27H30Cl2N4O/c1-31(20-21-7-3-2-4-8-21)27(34)23(22-10-11-24(28)25(29)19-22)12-14-32-15-17-33(18-16-32)26-9-5-6-13-30-26/h2-11,13,19,23H,12,14-18,20H2,1H3/t23-/m0/s1. The largest absolute Gasteiger partial charge is 0.354 e. The highest BCUT2D eigenvalue weighted by molar-refractivity contribution is 6.42. The van der Waals surface area contributed by atoms with Crippen molar-refractivity contribution >= 4 is 34.9 Å². The van der Waals surface area contributed by atoms with Gasteiger partial charge in [0.2, 0.25) is 5.91 Å². The van der Waals surface area contributed by atoms with Gasteiger partial charge in [0, 0.05) is 46.0 Å². The summed E-state index contributed by atoms with van der Waals surface area (Å²) in [5.74, 6) is 0.834. The molecular formula is C27H30Cl2N4O. The molecule has 178 valence electrons. The second-order valence-corrected chi connectivity index (χ2v) is 9.53. The number of aromatic nitrogens is 1. The third-order valence-electron chi connectivity index (χ3n) is 6.36. The lowest BCUT2D eigenvalue weighted by molar-refractivity contribution is -0.132. The van der Waals surface area contributed by atoms with Crippen molar-refractivity contribution in [1.82, 2.24) is 14.8 Å². The molecule has 0 aliphatic carbocycles. The molecule has 2 heterocycles. The van der Waals surface area contributed by atoms with Crippen LogP contribution in [0.1, 0.15) is 23.5 Å². The Kier molecular flexibility index (Phi) is 8.44. The quantitative estimate of drug-likeness (QED) is 0.421. The van der Waals surface area contributed by atoms with Crippen molar-refractivity contribution in [2.75, 3.05) is 44.7 Å². The second-order valence-electron chi connectivity index (χ2n) is 8.71. The summed E-state index contributed by atoms with van der Waals surface area (Å²) in [5.41, 5.74) is 2.02. The van der Waals surface area contributed by atoms with Crippen LogP contribution in [0, 0.1) is 0 Å². The Balaban J connectivity index is 1.42. The summed E-state index contributed by atoms with van der Waals surface area (Å²) in [6, 6.07) is 21.6. The van der Waals surface area contributed by atoms with Gasteiger partial charge in [-0.15, -0.1) is 0 Å². The molecule has 0 N–H and O–H groups in total. The van der Waals surface area contributed by atoms with Crippen LogP contribution in [0.3, 0.4) is 0 Å². The minimum atomic E-state index is -0.280. The first-order valence-corrected chi connectivity index (χ1v) is 12.4. The van der Waals surface area contributed by atoms with E-state index in [9.17, 15) is 4.79 Å². The molecule has 0 unspecified atom stereocenters. The molecule has 1 aromatic heterocycles. The Morgan fingerprint density at radius 3 is 2.38 bits per heavy atom. The van der Waals surface area contributed by atoms with E-state index in [1.54, 1.807) is 6.07 Å². The van der Waals surface area contributed by atoms with Crippen LogP contribution < -0.4 is 4.90 Å². The summed E-state index contributed by atoms with van der Waals surface area (Å²) in [7, 11) is 1.87. The van der Waals surface area contributed by atoms with Crippen LogP contribution in [-0.2, 0) is 11.3 Å². The van der Waals surface area contributed by atoms with Crippen molar-refractivity contribution in [3.05, 3.63) is 94.1 Å². The van der Waals surface area contributed by atoms with Gasteiger partial charge in [-0.2, -0.15) is 0 Å². The van der Waals surface area contributed by atoms with Crippen molar-refractivity contribution in [2.45, 2.75) is 18.9 Å². The van der Waals surface area contributed by atoms with E-state index in [-0.39, 0.29) is 11.8 Å². The van der Waals surface area contributed by atoms with Crippen molar-refractivity contribution < 1.29 is 4.79 Å². The van der Waals surface area contributed by atoms with Gasteiger partial charge in [0.25, 0.3) is 0 Å². The smallest absolute Gasteiger partial charge is 0.230 e. The number of likely N-dealkylation sites (N-methyl/N-ethyl adjacent to an activating group) is 1. The number of halogens is 2. The number of nitrogens with zero attached hydrogens (tertiary/aromatic N) is 4. The molecule has 2 aromatic carbocycles. The monoisotopic (exact) mass is 496 g/mol. The van der Waals surface area contributed by atoms with Crippen LogP contribution >= 0.6 is 23.2 Å². The van der Waals surface area contributed by atoms with Crippen LogP contribution in [0.15, 0.2) is 72.9 Å². The average molecular weight is 497 g/mol. The number of hydrogen-bond donors (Lipinski definition) is 0. The third kappa shape index (κ3) is 6.29. The maximum atomic E-state index is 13.6. The molecule has 4 rings (SSSR count). The topological polar surface area (TPSA) is 39.7 Å². The Morgan fingerprint density at radius 1 is 0.971 bits per heavy atom. The molecule has 34 heavy (non-hydrogen) atoms. The number of rotatable bonds is 8. The van der Waals surface area contributed by atoms with Crippen molar-refractivity contribution in [3.8, 4) is 0 Å². The number of hydrogen-bond acceptors (Lipinski definition) is 4. The van der Waals surface area contributed by atoms with E-state index in [2.05, 4.69) is 20.9 Å². The minimum absolute atomic E-state index is 0.0920. The zero-order chi connectivity index (χ0) is 23.9. The number of benzene rings is 2. The number of carbonyl (C=O) groups excluding carboxylic acids is 1. The Morgan fingerprint density at radius 2 is 1.71 bits per heavy atom. The van der Waals surface area contributed by atoms with E-state index in [4.69, 9.17) is 23.2 Å². The van der Waals surface area contributed by atoms with Gasteiger partial charge in [-0.05, 0) is 48.4 Å². The van der Waals surface area contributed by atoms with E-state index in [0.717, 1.165) is 56.1 Å². The fraction of sp³-hybridized carbons (Fsp3) is 0.333. The number of pyridine rings is 1. The highest BCUT2D eigenvalue weighted by Crippen LogP contribution is 2.30. The molecule has 0 saturated carbocycles. The zero-order valence-electron chi connectivity index (χ0n) is 19.4. The van der Waals surface area contributed by atoms with Crippen molar-refractivity contribution in [1.29, 1.82) is 0 Å². The highest BCUT2D eigenvalue weighted by atomic mass is 35.5. The Labute approximate surface area is 211 Å². The van der Waals surface area contributed by atoms with Crippen LogP contribution in [0.25, 0.3) is 0 Å². The second kappa shape index (κ2) is 11.7. The summed E-state index contributed by atoms with van der Waals surface area (Å²) in [6.07, 6.45) is 2.56. The number of piperazine rings is 1. The van der Waals surface area contributed by atoms with Gasteiger partial charge in [0.05, 0.1) is 16.0 Å². The van der Waals surface area contributed by atoms with Gasteiger partial charge in [0.15, 0.2) is 0 Å². The maximum absolute atomic E-state index is 13.6. The molecule has 1 amide bonds. The summed E-state index contributed by atoms with van der Waals surface area (Å²) >= 11 is 12.5. The predicted octanol–water partition coefficient (Wildman–Crippen LogP) is 5.34. The molecule has 1 aliphatic rings. The molecule has 0 radical (unpaired) electrons. The molecule has 3 aromatic rings. The van der Waals surface area contributed by atoms with Gasteiger partial charge >= 0.3 is 0 Å². The summed E-state index contributed by atoms with van der Waals surface area (Å²) < 4.78 is 0. The molecule has 0 spiro atoms. The predicted molar refractivity (Wildman–Crippen MR) is 140 cm³/mol. The molecule has 1 saturated heterocycles. The number of amides is 1. The Hall–Kier alpha value is -2.60. The summed E-state index contributed by atoms with van der Waals surface area (Å²) in [6.45, 7) is 5.15. The molecule has 5 nitrogen and oxygen atoms in total. The van der Waals surface area contributed by atoms with Gasteiger partial charge in [0.1, 0.15) is 5.82 Å². The molecule has 1 aliphatic heterocycles. The van der Waals surface area contributed by atoms with Crippen molar-refractivity contribution in [3.63, 3.8) is 0 Å².